The van der Waals surface area contributed by atoms with Crippen molar-refractivity contribution >= 4 is 34.9 Å². The highest BCUT2D eigenvalue weighted by Gasteiger charge is 2.35. The first-order valence-corrected chi connectivity index (χ1v) is 12.7. The van der Waals surface area contributed by atoms with Gasteiger partial charge in [-0.2, -0.15) is 13.2 Å². The number of nitrogens with zero attached hydrogens (tertiary/aromatic N) is 3. The Labute approximate surface area is 238 Å². The van der Waals surface area contributed by atoms with Crippen LogP contribution < -0.4 is 30.3 Å². The third-order valence-electron chi connectivity index (χ3n) is 6.20. The highest BCUT2D eigenvalue weighted by molar-refractivity contribution is 6.00. The van der Waals surface area contributed by atoms with Crippen molar-refractivity contribution in [2.45, 2.75) is 6.18 Å². The molecule has 4 rings (SSSR count). The maximum Gasteiger partial charge on any atom is 0.418 e. The van der Waals surface area contributed by atoms with Crippen LogP contribution in [0.3, 0.4) is 0 Å². The molecule has 0 spiro atoms. The molecule has 0 bridgehead atoms. The zero-order valence-electron chi connectivity index (χ0n) is 22.4. The number of methoxy groups -OCH3 is 1. The van der Waals surface area contributed by atoms with Gasteiger partial charge in [0.05, 0.1) is 42.5 Å². The van der Waals surface area contributed by atoms with Crippen LogP contribution in [0.5, 0.6) is 11.5 Å². The van der Waals surface area contributed by atoms with Gasteiger partial charge in [-0.05, 0) is 42.5 Å². The molecule has 42 heavy (non-hydrogen) atoms. The summed E-state index contributed by atoms with van der Waals surface area (Å²) in [6, 6.07) is 8.86. The van der Waals surface area contributed by atoms with E-state index in [1.54, 1.807) is 12.1 Å². The number of hydrogen-bond donors (Lipinski definition) is 4. The number of alkyl halides is 3. The van der Waals surface area contributed by atoms with Gasteiger partial charge in [0.2, 0.25) is 0 Å². The molecule has 1 aliphatic heterocycles. The molecule has 2 heterocycles. The standard InChI is InChI=1S/C27H28F4N6O5/c1-41-23-6-2-17(28)14-22(23)34-25(39)33-18-3-7-24(32-16-18)36-8-10-37(11-9-36)26(40)35-21-5-4-19(42-13-12-38)15-20(21)27(29,30)31/h2-7,14-16,38H,8-13H2,1H3,(H,35,40)(H2,33,34,39). The lowest BCUT2D eigenvalue weighted by atomic mass is 10.1. The number of hydrogen-bond acceptors (Lipinski definition) is 7. The average Bonchev–Trinajstić information content (AvgIpc) is 2.96. The van der Waals surface area contributed by atoms with Gasteiger partial charge in [-0.15, -0.1) is 0 Å². The lowest BCUT2D eigenvalue weighted by Crippen LogP contribution is -2.50. The van der Waals surface area contributed by atoms with Gasteiger partial charge in [0.1, 0.15) is 29.7 Å². The number of aliphatic hydroxyl groups excluding tert-OH is 1. The first-order chi connectivity index (χ1) is 20.1. The Hall–Kier alpha value is -4.79. The summed E-state index contributed by atoms with van der Waals surface area (Å²) in [6.45, 7) is 0.672. The smallest absolute Gasteiger partial charge is 0.418 e. The zero-order chi connectivity index (χ0) is 30.3. The van der Waals surface area contributed by atoms with Crippen LogP contribution in [-0.4, -0.2) is 73.6 Å². The number of halogens is 4. The number of piperazine rings is 1. The van der Waals surface area contributed by atoms with Crippen molar-refractivity contribution in [3.8, 4) is 11.5 Å². The van der Waals surface area contributed by atoms with Crippen molar-refractivity contribution in [1.82, 2.24) is 9.88 Å². The van der Waals surface area contributed by atoms with E-state index in [1.807, 2.05) is 4.90 Å². The molecule has 11 nitrogen and oxygen atoms in total. The molecule has 1 saturated heterocycles. The van der Waals surface area contributed by atoms with Crippen molar-refractivity contribution in [3.63, 3.8) is 0 Å². The summed E-state index contributed by atoms with van der Waals surface area (Å²) in [7, 11) is 1.39. The maximum atomic E-state index is 13.6. The predicted molar refractivity (Wildman–Crippen MR) is 147 cm³/mol. The SMILES string of the molecule is COc1ccc(F)cc1NC(=O)Nc1ccc(N2CCN(C(=O)Nc3ccc(OCCO)cc3C(F)(F)F)CC2)nc1. The Morgan fingerprint density at radius 2 is 1.74 bits per heavy atom. The van der Waals surface area contributed by atoms with Crippen LogP contribution in [0.2, 0.25) is 0 Å². The largest absolute Gasteiger partial charge is 0.495 e. The highest BCUT2D eigenvalue weighted by Crippen LogP contribution is 2.37. The third kappa shape index (κ3) is 7.69. The number of carbonyl (C=O) groups is 2. The Bertz CT molecular complexity index is 1400. The van der Waals surface area contributed by atoms with E-state index in [4.69, 9.17) is 14.6 Å². The number of benzene rings is 2. The number of urea groups is 2. The summed E-state index contributed by atoms with van der Waals surface area (Å²) in [5, 5.41) is 16.3. The van der Waals surface area contributed by atoms with Crippen LogP contribution in [-0.2, 0) is 6.18 Å². The van der Waals surface area contributed by atoms with Gasteiger partial charge in [0, 0.05) is 32.2 Å². The molecule has 0 saturated carbocycles. The van der Waals surface area contributed by atoms with Crippen LogP contribution in [0.15, 0.2) is 54.7 Å². The summed E-state index contributed by atoms with van der Waals surface area (Å²) in [5.74, 6) is 0.241. The average molecular weight is 593 g/mol. The highest BCUT2D eigenvalue weighted by atomic mass is 19.4. The fraction of sp³-hybridized carbons (Fsp3) is 0.296. The molecule has 0 radical (unpaired) electrons. The number of aromatic nitrogens is 1. The van der Waals surface area contributed by atoms with Crippen LogP contribution in [0.25, 0.3) is 0 Å². The number of carbonyl (C=O) groups excluding carboxylic acids is 2. The van der Waals surface area contributed by atoms with Gasteiger partial charge in [-0.1, -0.05) is 0 Å². The number of anilines is 4. The molecule has 224 valence electrons. The summed E-state index contributed by atoms with van der Waals surface area (Å²) in [4.78, 5) is 32.7. The van der Waals surface area contributed by atoms with E-state index in [0.29, 0.717) is 24.6 Å². The number of nitrogens with one attached hydrogen (secondary N) is 3. The van der Waals surface area contributed by atoms with E-state index < -0.39 is 35.3 Å². The monoisotopic (exact) mass is 592 g/mol. The Kier molecular flexibility index (Phi) is 9.52. The van der Waals surface area contributed by atoms with Crippen LogP contribution >= 0.6 is 0 Å². The van der Waals surface area contributed by atoms with Crippen molar-refractivity contribution in [3.05, 3.63) is 66.1 Å². The minimum absolute atomic E-state index is 0.0795. The normalized spacial score (nSPS) is 13.4. The fourth-order valence-corrected chi connectivity index (χ4v) is 4.16. The van der Waals surface area contributed by atoms with Gasteiger partial charge < -0.3 is 40.3 Å². The Balaban J connectivity index is 1.31. The molecule has 15 heteroatoms. The minimum Gasteiger partial charge on any atom is -0.495 e. The molecule has 1 aromatic heterocycles. The molecule has 0 aliphatic carbocycles. The molecular formula is C27H28F4N6O5. The van der Waals surface area contributed by atoms with Crippen LogP contribution in [0.1, 0.15) is 5.56 Å². The quantitative estimate of drug-likeness (QED) is 0.281. The number of pyridine rings is 1. The van der Waals surface area contributed by atoms with Crippen molar-refractivity contribution in [1.29, 1.82) is 0 Å². The number of aliphatic hydroxyl groups is 1. The van der Waals surface area contributed by atoms with E-state index in [9.17, 15) is 27.2 Å². The first-order valence-electron chi connectivity index (χ1n) is 12.7. The second-order valence-corrected chi connectivity index (χ2v) is 9.01. The van der Waals surface area contributed by atoms with Crippen molar-refractivity contribution < 1.29 is 41.7 Å². The summed E-state index contributed by atoms with van der Waals surface area (Å²) in [5.41, 5.74) is -0.944. The second kappa shape index (κ2) is 13.2. The van der Waals surface area contributed by atoms with E-state index in [-0.39, 0.29) is 43.5 Å². The Morgan fingerprint density at radius 1 is 0.976 bits per heavy atom. The summed E-state index contributed by atoms with van der Waals surface area (Å²) >= 11 is 0. The van der Waals surface area contributed by atoms with E-state index in [1.165, 1.54) is 36.4 Å². The summed E-state index contributed by atoms with van der Waals surface area (Å²) in [6.07, 6.45) is -3.30. The molecule has 1 aliphatic rings. The van der Waals surface area contributed by atoms with Crippen LogP contribution in [0, 0.1) is 5.82 Å². The van der Waals surface area contributed by atoms with Crippen LogP contribution in [0.4, 0.5) is 50.0 Å². The number of rotatable bonds is 8. The van der Waals surface area contributed by atoms with Gasteiger partial charge >= 0.3 is 18.2 Å². The van der Waals surface area contributed by atoms with Crippen molar-refractivity contribution in [2.75, 3.05) is 67.4 Å². The Morgan fingerprint density at radius 3 is 2.38 bits per heavy atom. The molecule has 3 aromatic rings. The third-order valence-corrected chi connectivity index (χ3v) is 6.20. The molecule has 1 fully saturated rings. The topological polar surface area (TPSA) is 128 Å². The summed E-state index contributed by atoms with van der Waals surface area (Å²) < 4.78 is 64.5. The fourth-order valence-electron chi connectivity index (χ4n) is 4.16. The van der Waals surface area contributed by atoms with Crippen molar-refractivity contribution in [2.24, 2.45) is 0 Å². The van der Waals surface area contributed by atoms with Gasteiger partial charge in [-0.3, -0.25) is 0 Å². The molecular weight excluding hydrogens is 564 g/mol. The molecule has 4 amide bonds. The lowest BCUT2D eigenvalue weighted by molar-refractivity contribution is -0.137. The second-order valence-electron chi connectivity index (χ2n) is 9.01. The lowest BCUT2D eigenvalue weighted by Gasteiger charge is -2.35. The molecule has 4 N–H and O–H groups in total. The molecule has 0 atom stereocenters. The van der Waals surface area contributed by atoms with Gasteiger partial charge in [0.15, 0.2) is 0 Å². The van der Waals surface area contributed by atoms with Gasteiger partial charge in [0.25, 0.3) is 0 Å². The number of ether oxygens (including phenoxy) is 2. The molecule has 0 unspecified atom stereocenters. The zero-order valence-corrected chi connectivity index (χ0v) is 22.4. The van der Waals surface area contributed by atoms with Gasteiger partial charge in [-0.25, -0.2) is 19.0 Å². The maximum absolute atomic E-state index is 13.6. The van der Waals surface area contributed by atoms with E-state index in [0.717, 1.165) is 18.2 Å². The first kappa shape index (κ1) is 30.2. The number of amides is 4. The van der Waals surface area contributed by atoms with E-state index in [2.05, 4.69) is 20.9 Å². The van der Waals surface area contributed by atoms with E-state index >= 15 is 0 Å². The molecule has 2 aromatic carbocycles. The predicted octanol–water partition coefficient (Wildman–Crippen LogP) is 4.62. The minimum atomic E-state index is -4.74.